The second-order valence-corrected chi connectivity index (χ2v) is 8.19. The lowest BCUT2D eigenvalue weighted by Crippen LogP contribution is -2.26. The van der Waals surface area contributed by atoms with Gasteiger partial charge in [-0.25, -0.2) is 9.59 Å². The van der Waals surface area contributed by atoms with Gasteiger partial charge < -0.3 is 5.11 Å². The fourth-order valence-corrected chi connectivity index (χ4v) is 4.27. The number of carboxylic acid groups (broad SMARTS) is 1. The first kappa shape index (κ1) is 23.0. The van der Waals surface area contributed by atoms with Crippen molar-refractivity contribution in [2.24, 2.45) is 0 Å². The SMILES string of the molecule is CCCc1c(C=O)n(Cc2ccccc2)c(=O)n1Cc1ccc(-c2ccccc2C(=O)O)cc1. The highest BCUT2D eigenvalue weighted by Gasteiger charge is 2.19. The number of rotatable bonds is 9. The molecule has 0 unspecified atom stereocenters. The molecular weight excluding hydrogens is 428 g/mol. The number of aldehydes is 1. The summed E-state index contributed by atoms with van der Waals surface area (Å²) >= 11 is 0. The van der Waals surface area contributed by atoms with Crippen molar-refractivity contribution in [3.05, 3.63) is 117 Å². The predicted octanol–water partition coefficient (Wildman–Crippen LogP) is 4.88. The highest BCUT2D eigenvalue weighted by Crippen LogP contribution is 2.24. The first-order chi connectivity index (χ1) is 16.5. The van der Waals surface area contributed by atoms with Crippen molar-refractivity contribution in [1.82, 2.24) is 9.13 Å². The molecule has 0 bridgehead atoms. The normalized spacial score (nSPS) is 10.9. The molecule has 0 spiro atoms. The van der Waals surface area contributed by atoms with E-state index in [2.05, 4.69) is 0 Å². The van der Waals surface area contributed by atoms with Crippen LogP contribution in [0.5, 0.6) is 0 Å². The van der Waals surface area contributed by atoms with E-state index in [-0.39, 0.29) is 11.3 Å². The third-order valence-electron chi connectivity index (χ3n) is 5.92. The van der Waals surface area contributed by atoms with Gasteiger partial charge in [-0.1, -0.05) is 86.1 Å². The van der Waals surface area contributed by atoms with Crippen molar-refractivity contribution in [2.45, 2.75) is 32.9 Å². The summed E-state index contributed by atoms with van der Waals surface area (Å²) in [7, 11) is 0. The molecule has 6 nitrogen and oxygen atoms in total. The summed E-state index contributed by atoms with van der Waals surface area (Å²) in [5, 5.41) is 9.48. The predicted molar refractivity (Wildman–Crippen MR) is 132 cm³/mol. The Bertz CT molecular complexity index is 1370. The minimum atomic E-state index is -0.975. The molecule has 0 saturated heterocycles. The van der Waals surface area contributed by atoms with E-state index in [1.807, 2.05) is 67.6 Å². The van der Waals surface area contributed by atoms with E-state index in [9.17, 15) is 19.5 Å². The molecule has 4 rings (SSSR count). The fourth-order valence-electron chi connectivity index (χ4n) is 4.27. The second-order valence-electron chi connectivity index (χ2n) is 8.19. The van der Waals surface area contributed by atoms with Crippen molar-refractivity contribution in [3.8, 4) is 11.1 Å². The quantitative estimate of drug-likeness (QED) is 0.366. The van der Waals surface area contributed by atoms with Crippen LogP contribution in [-0.4, -0.2) is 26.5 Å². The van der Waals surface area contributed by atoms with Gasteiger partial charge in [-0.3, -0.25) is 13.9 Å². The van der Waals surface area contributed by atoms with Crippen LogP contribution in [0.25, 0.3) is 11.1 Å². The van der Waals surface area contributed by atoms with E-state index in [0.29, 0.717) is 30.8 Å². The summed E-state index contributed by atoms with van der Waals surface area (Å²) in [6.07, 6.45) is 2.20. The smallest absolute Gasteiger partial charge is 0.336 e. The van der Waals surface area contributed by atoms with Crippen LogP contribution in [0.15, 0.2) is 83.7 Å². The monoisotopic (exact) mass is 454 g/mol. The maximum atomic E-state index is 13.4. The number of hydrogen-bond acceptors (Lipinski definition) is 3. The molecule has 6 heteroatoms. The third-order valence-corrected chi connectivity index (χ3v) is 5.92. The summed E-state index contributed by atoms with van der Waals surface area (Å²) in [5.41, 5.74) is 4.46. The lowest BCUT2D eigenvalue weighted by molar-refractivity contribution is 0.0697. The minimum absolute atomic E-state index is 0.213. The summed E-state index contributed by atoms with van der Waals surface area (Å²) in [6, 6.07) is 24.0. The molecular formula is C28H26N2O4. The molecule has 0 radical (unpaired) electrons. The molecule has 0 fully saturated rings. The Hall–Kier alpha value is -4.19. The van der Waals surface area contributed by atoms with Crippen LogP contribution in [-0.2, 0) is 19.5 Å². The number of aromatic carboxylic acids is 1. The van der Waals surface area contributed by atoms with Crippen molar-refractivity contribution in [1.29, 1.82) is 0 Å². The molecule has 172 valence electrons. The lowest BCUT2D eigenvalue weighted by Gasteiger charge is -2.10. The van der Waals surface area contributed by atoms with Crippen molar-refractivity contribution < 1.29 is 14.7 Å². The van der Waals surface area contributed by atoms with Gasteiger partial charge in [0.15, 0.2) is 6.29 Å². The molecule has 1 N–H and O–H groups in total. The maximum Gasteiger partial charge on any atom is 0.336 e. The van der Waals surface area contributed by atoms with Gasteiger partial charge in [0.05, 0.1) is 24.3 Å². The zero-order valence-corrected chi connectivity index (χ0v) is 19.0. The van der Waals surface area contributed by atoms with Crippen molar-refractivity contribution in [3.63, 3.8) is 0 Å². The van der Waals surface area contributed by atoms with Crippen LogP contribution in [0.4, 0.5) is 0 Å². The molecule has 0 amide bonds. The number of hydrogen-bond donors (Lipinski definition) is 1. The van der Waals surface area contributed by atoms with Crippen LogP contribution in [0, 0.1) is 0 Å². The second kappa shape index (κ2) is 10.2. The van der Waals surface area contributed by atoms with Crippen LogP contribution in [0.3, 0.4) is 0 Å². The van der Waals surface area contributed by atoms with Crippen molar-refractivity contribution in [2.75, 3.05) is 0 Å². The molecule has 0 saturated carbocycles. The molecule has 1 heterocycles. The molecule has 34 heavy (non-hydrogen) atoms. The van der Waals surface area contributed by atoms with Crippen LogP contribution in [0.1, 0.15) is 51.0 Å². The van der Waals surface area contributed by atoms with E-state index >= 15 is 0 Å². The van der Waals surface area contributed by atoms with E-state index in [0.717, 1.165) is 35.1 Å². The summed E-state index contributed by atoms with van der Waals surface area (Å²) < 4.78 is 3.22. The Balaban J connectivity index is 1.69. The third kappa shape index (κ3) is 4.62. The fraction of sp³-hybridized carbons (Fsp3) is 0.179. The number of imidazole rings is 1. The molecule has 3 aromatic carbocycles. The maximum absolute atomic E-state index is 13.4. The lowest BCUT2D eigenvalue weighted by atomic mass is 9.99. The summed E-state index contributed by atoms with van der Waals surface area (Å²) in [6.45, 7) is 2.69. The van der Waals surface area contributed by atoms with Crippen LogP contribution in [0.2, 0.25) is 0 Å². The Kier molecular flexibility index (Phi) is 6.87. The highest BCUT2D eigenvalue weighted by molar-refractivity contribution is 5.96. The van der Waals surface area contributed by atoms with E-state index < -0.39 is 5.97 Å². The number of aromatic nitrogens is 2. The summed E-state index contributed by atoms with van der Waals surface area (Å²) in [4.78, 5) is 36.9. The number of carbonyl (C=O) groups is 2. The van der Waals surface area contributed by atoms with Gasteiger partial charge in [-0.05, 0) is 34.7 Å². The van der Waals surface area contributed by atoms with Crippen LogP contribution < -0.4 is 5.69 Å². The Labute approximate surface area is 197 Å². The standard InChI is InChI=1S/C28H26N2O4/c1-2-8-25-26(19-31)30(17-20-9-4-3-5-10-20)28(34)29(25)18-21-13-15-22(16-14-21)23-11-6-7-12-24(23)27(32)33/h3-7,9-16,19H,2,8,17-18H2,1H3,(H,32,33). The Morgan fingerprint density at radius 3 is 2.12 bits per heavy atom. The first-order valence-corrected chi connectivity index (χ1v) is 11.3. The zero-order valence-electron chi connectivity index (χ0n) is 19.0. The molecule has 0 atom stereocenters. The van der Waals surface area contributed by atoms with Gasteiger partial charge in [0, 0.05) is 0 Å². The van der Waals surface area contributed by atoms with Gasteiger partial charge in [0.25, 0.3) is 0 Å². The average Bonchev–Trinajstić information content (AvgIpc) is 3.10. The zero-order chi connectivity index (χ0) is 24.1. The van der Waals surface area contributed by atoms with E-state index in [4.69, 9.17) is 0 Å². The van der Waals surface area contributed by atoms with Crippen LogP contribution >= 0.6 is 0 Å². The summed E-state index contributed by atoms with van der Waals surface area (Å²) in [5.74, 6) is -0.975. The number of nitrogens with zero attached hydrogens (tertiary/aromatic N) is 2. The Morgan fingerprint density at radius 2 is 1.47 bits per heavy atom. The molecule has 0 aliphatic carbocycles. The molecule has 0 aliphatic heterocycles. The van der Waals surface area contributed by atoms with E-state index in [1.54, 1.807) is 27.3 Å². The molecule has 4 aromatic rings. The van der Waals surface area contributed by atoms with Gasteiger partial charge in [-0.15, -0.1) is 0 Å². The number of benzene rings is 3. The highest BCUT2D eigenvalue weighted by atomic mass is 16.4. The molecule has 0 aliphatic rings. The van der Waals surface area contributed by atoms with Crippen molar-refractivity contribution >= 4 is 12.3 Å². The van der Waals surface area contributed by atoms with Gasteiger partial charge in [0.1, 0.15) is 5.69 Å². The topological polar surface area (TPSA) is 81.3 Å². The van der Waals surface area contributed by atoms with Gasteiger partial charge in [-0.2, -0.15) is 0 Å². The number of carbonyl (C=O) groups excluding carboxylic acids is 1. The minimum Gasteiger partial charge on any atom is -0.478 e. The molecule has 1 aromatic heterocycles. The largest absolute Gasteiger partial charge is 0.478 e. The van der Waals surface area contributed by atoms with Gasteiger partial charge in [0.2, 0.25) is 0 Å². The van der Waals surface area contributed by atoms with E-state index in [1.165, 1.54) is 0 Å². The first-order valence-electron chi connectivity index (χ1n) is 11.3. The Morgan fingerprint density at radius 1 is 0.853 bits per heavy atom. The average molecular weight is 455 g/mol. The van der Waals surface area contributed by atoms with Gasteiger partial charge >= 0.3 is 11.7 Å². The number of carboxylic acids is 1.